The van der Waals surface area contributed by atoms with Gasteiger partial charge in [-0.1, -0.05) is 36.8 Å². The maximum atomic E-state index is 11.5. The summed E-state index contributed by atoms with van der Waals surface area (Å²) in [5, 5.41) is 0. The van der Waals surface area contributed by atoms with Crippen LogP contribution in [0.4, 0.5) is 0 Å². The molecule has 0 radical (unpaired) electrons. The molecule has 3 nitrogen and oxygen atoms in total. The molecule has 0 aliphatic rings. The second kappa shape index (κ2) is 10.6. The van der Waals surface area contributed by atoms with Crippen molar-refractivity contribution in [1.29, 1.82) is 0 Å². The summed E-state index contributed by atoms with van der Waals surface area (Å²) in [7, 11) is 0. The average molecular weight is 264 g/mol. The largest absolute Gasteiger partial charge is 0.465 e. The van der Waals surface area contributed by atoms with Crippen molar-refractivity contribution in [3.8, 4) is 0 Å². The third-order valence-corrected chi connectivity index (χ3v) is 2.84. The number of esters is 1. The Kier molecular flexibility index (Phi) is 8.73. The summed E-state index contributed by atoms with van der Waals surface area (Å²) in [4.78, 5) is 11.5. The van der Waals surface area contributed by atoms with Crippen LogP contribution in [0.25, 0.3) is 0 Å². The fraction of sp³-hybridized carbons (Fsp3) is 0.562. The van der Waals surface area contributed by atoms with Gasteiger partial charge in [0.25, 0.3) is 0 Å². The maximum Gasteiger partial charge on any atom is 0.310 e. The lowest BCUT2D eigenvalue weighted by molar-refractivity contribution is -0.142. The summed E-state index contributed by atoms with van der Waals surface area (Å²) < 4.78 is 10.5. The first-order chi connectivity index (χ1) is 9.33. The summed E-state index contributed by atoms with van der Waals surface area (Å²) in [5.74, 6) is -0.138. The van der Waals surface area contributed by atoms with E-state index in [1.807, 2.05) is 37.3 Å². The third kappa shape index (κ3) is 8.38. The monoisotopic (exact) mass is 264 g/mol. The van der Waals surface area contributed by atoms with Crippen molar-refractivity contribution in [2.24, 2.45) is 0 Å². The van der Waals surface area contributed by atoms with E-state index in [9.17, 15) is 4.79 Å². The quantitative estimate of drug-likeness (QED) is 0.480. The molecule has 0 unspecified atom stereocenters. The maximum absolute atomic E-state index is 11.5. The Bertz CT molecular complexity index is 335. The fourth-order valence-electron chi connectivity index (χ4n) is 1.80. The highest BCUT2D eigenvalue weighted by Crippen LogP contribution is 2.03. The van der Waals surface area contributed by atoms with Crippen molar-refractivity contribution >= 4 is 5.97 Å². The first kappa shape index (κ1) is 15.7. The molecule has 0 fully saturated rings. The van der Waals surface area contributed by atoms with Crippen LogP contribution in [-0.4, -0.2) is 25.8 Å². The zero-order valence-electron chi connectivity index (χ0n) is 11.8. The van der Waals surface area contributed by atoms with Gasteiger partial charge in [-0.05, 0) is 31.7 Å². The zero-order chi connectivity index (χ0) is 13.8. The normalized spacial score (nSPS) is 10.4. The minimum Gasteiger partial charge on any atom is -0.465 e. The standard InChI is InChI=1S/C16H24O3/c1-2-18-12-8-3-4-9-13-19-16(17)14-15-10-6-5-7-11-15/h5-7,10-11H,2-4,8-9,12-14H2,1H3. The zero-order valence-corrected chi connectivity index (χ0v) is 11.8. The van der Waals surface area contributed by atoms with Gasteiger partial charge in [-0.15, -0.1) is 0 Å². The van der Waals surface area contributed by atoms with Gasteiger partial charge in [0.15, 0.2) is 0 Å². The summed E-state index contributed by atoms with van der Waals surface area (Å²) in [6.07, 6.45) is 4.62. The number of benzene rings is 1. The van der Waals surface area contributed by atoms with Gasteiger partial charge in [-0.2, -0.15) is 0 Å². The van der Waals surface area contributed by atoms with Crippen LogP contribution in [0.15, 0.2) is 30.3 Å². The molecule has 19 heavy (non-hydrogen) atoms. The van der Waals surface area contributed by atoms with Gasteiger partial charge >= 0.3 is 5.97 Å². The highest BCUT2D eigenvalue weighted by molar-refractivity contribution is 5.72. The molecular weight excluding hydrogens is 240 g/mol. The van der Waals surface area contributed by atoms with Crippen LogP contribution in [0.3, 0.4) is 0 Å². The van der Waals surface area contributed by atoms with E-state index in [0.717, 1.165) is 44.5 Å². The molecule has 1 aromatic rings. The number of ether oxygens (including phenoxy) is 2. The van der Waals surface area contributed by atoms with E-state index in [1.54, 1.807) is 0 Å². The number of carbonyl (C=O) groups excluding carboxylic acids is 1. The number of rotatable bonds is 10. The van der Waals surface area contributed by atoms with E-state index in [-0.39, 0.29) is 5.97 Å². The van der Waals surface area contributed by atoms with Crippen molar-refractivity contribution in [1.82, 2.24) is 0 Å². The third-order valence-electron chi connectivity index (χ3n) is 2.84. The lowest BCUT2D eigenvalue weighted by Crippen LogP contribution is -2.09. The lowest BCUT2D eigenvalue weighted by atomic mass is 10.1. The van der Waals surface area contributed by atoms with Crippen molar-refractivity contribution < 1.29 is 14.3 Å². The molecule has 106 valence electrons. The molecule has 0 atom stereocenters. The minimum atomic E-state index is -0.138. The Morgan fingerprint density at radius 2 is 1.68 bits per heavy atom. The predicted octanol–water partition coefficient (Wildman–Crippen LogP) is 3.37. The van der Waals surface area contributed by atoms with Gasteiger partial charge in [0.05, 0.1) is 13.0 Å². The molecule has 0 spiro atoms. The van der Waals surface area contributed by atoms with Crippen LogP contribution < -0.4 is 0 Å². The van der Waals surface area contributed by atoms with Crippen LogP contribution >= 0.6 is 0 Å². The van der Waals surface area contributed by atoms with Gasteiger partial charge in [0, 0.05) is 13.2 Å². The Hall–Kier alpha value is -1.35. The second-order valence-corrected chi connectivity index (χ2v) is 4.49. The molecular formula is C16H24O3. The Morgan fingerprint density at radius 1 is 1.00 bits per heavy atom. The lowest BCUT2D eigenvalue weighted by Gasteiger charge is -2.05. The average Bonchev–Trinajstić information content (AvgIpc) is 2.43. The van der Waals surface area contributed by atoms with Crippen LogP contribution in [0.2, 0.25) is 0 Å². The first-order valence-electron chi connectivity index (χ1n) is 7.10. The first-order valence-corrected chi connectivity index (χ1v) is 7.10. The second-order valence-electron chi connectivity index (χ2n) is 4.49. The van der Waals surface area contributed by atoms with Crippen LogP contribution in [0.1, 0.15) is 38.2 Å². The molecule has 0 amide bonds. The highest BCUT2D eigenvalue weighted by Gasteiger charge is 2.03. The van der Waals surface area contributed by atoms with Crippen LogP contribution in [-0.2, 0) is 20.7 Å². The molecule has 0 aliphatic heterocycles. The molecule has 0 aliphatic carbocycles. The van der Waals surface area contributed by atoms with Crippen LogP contribution in [0, 0.1) is 0 Å². The Morgan fingerprint density at radius 3 is 2.37 bits per heavy atom. The van der Waals surface area contributed by atoms with E-state index < -0.39 is 0 Å². The van der Waals surface area contributed by atoms with E-state index in [4.69, 9.17) is 9.47 Å². The molecule has 1 aromatic carbocycles. The molecule has 1 rings (SSSR count). The molecule has 0 aromatic heterocycles. The fourth-order valence-corrected chi connectivity index (χ4v) is 1.80. The number of carbonyl (C=O) groups is 1. The molecule has 0 N–H and O–H groups in total. The summed E-state index contributed by atoms with van der Waals surface area (Å²) in [5.41, 5.74) is 1.00. The van der Waals surface area contributed by atoms with Gasteiger partial charge in [-0.25, -0.2) is 0 Å². The number of hydrogen-bond acceptors (Lipinski definition) is 3. The topological polar surface area (TPSA) is 35.5 Å². The van der Waals surface area contributed by atoms with Crippen molar-refractivity contribution in [3.05, 3.63) is 35.9 Å². The molecule has 0 bridgehead atoms. The van der Waals surface area contributed by atoms with Gasteiger partial charge in [0.1, 0.15) is 0 Å². The van der Waals surface area contributed by atoms with E-state index in [1.165, 1.54) is 0 Å². The number of hydrogen-bond donors (Lipinski definition) is 0. The minimum absolute atomic E-state index is 0.138. The predicted molar refractivity (Wildman–Crippen MR) is 76.1 cm³/mol. The summed E-state index contributed by atoms with van der Waals surface area (Å²) in [6.45, 7) is 4.16. The Labute approximate surface area is 115 Å². The van der Waals surface area contributed by atoms with Crippen molar-refractivity contribution in [2.75, 3.05) is 19.8 Å². The highest BCUT2D eigenvalue weighted by atomic mass is 16.5. The Balaban J connectivity index is 1.96. The number of unbranched alkanes of at least 4 members (excludes halogenated alkanes) is 3. The molecule has 3 heteroatoms. The van der Waals surface area contributed by atoms with Gasteiger partial charge in [0.2, 0.25) is 0 Å². The van der Waals surface area contributed by atoms with Gasteiger partial charge in [-0.3, -0.25) is 4.79 Å². The van der Waals surface area contributed by atoms with E-state index in [2.05, 4.69) is 0 Å². The summed E-state index contributed by atoms with van der Waals surface area (Å²) >= 11 is 0. The summed E-state index contributed by atoms with van der Waals surface area (Å²) in [6, 6.07) is 9.68. The van der Waals surface area contributed by atoms with Crippen molar-refractivity contribution in [3.63, 3.8) is 0 Å². The van der Waals surface area contributed by atoms with E-state index >= 15 is 0 Å². The molecule has 0 saturated carbocycles. The molecule has 0 saturated heterocycles. The molecule has 0 heterocycles. The van der Waals surface area contributed by atoms with Crippen LogP contribution in [0.5, 0.6) is 0 Å². The van der Waals surface area contributed by atoms with E-state index in [0.29, 0.717) is 13.0 Å². The van der Waals surface area contributed by atoms with Crippen molar-refractivity contribution in [2.45, 2.75) is 39.0 Å². The smallest absolute Gasteiger partial charge is 0.310 e. The SMILES string of the molecule is CCOCCCCCCOC(=O)Cc1ccccc1. The van der Waals surface area contributed by atoms with Gasteiger partial charge < -0.3 is 9.47 Å².